The van der Waals surface area contributed by atoms with Crippen LogP contribution in [0.1, 0.15) is 37.3 Å². The van der Waals surface area contributed by atoms with Crippen LogP contribution in [0.3, 0.4) is 0 Å². The number of nitrogens with one attached hydrogen (secondary N) is 1. The fourth-order valence-electron chi connectivity index (χ4n) is 3.57. The molecule has 1 aliphatic heterocycles. The van der Waals surface area contributed by atoms with Crippen LogP contribution in [0.15, 0.2) is 47.4 Å². The van der Waals surface area contributed by atoms with Gasteiger partial charge in [0.05, 0.1) is 12.4 Å². The molecule has 168 valence electrons. The molecule has 0 bridgehead atoms. The Morgan fingerprint density at radius 1 is 1.13 bits per heavy atom. The molecular formula is C23H30N2O4S2. The second-order valence-corrected chi connectivity index (χ2v) is 10.5. The molecule has 1 saturated heterocycles. The number of rotatable bonds is 9. The van der Waals surface area contributed by atoms with E-state index in [4.69, 9.17) is 4.74 Å². The highest BCUT2D eigenvalue weighted by atomic mass is 32.2. The van der Waals surface area contributed by atoms with Gasteiger partial charge in [-0.25, -0.2) is 8.42 Å². The zero-order valence-corrected chi connectivity index (χ0v) is 19.7. The van der Waals surface area contributed by atoms with E-state index in [2.05, 4.69) is 11.4 Å². The van der Waals surface area contributed by atoms with Crippen LogP contribution in [0.4, 0.5) is 5.69 Å². The molecule has 6 nitrogen and oxygen atoms in total. The van der Waals surface area contributed by atoms with Crippen molar-refractivity contribution in [2.45, 2.75) is 43.8 Å². The molecule has 1 amide bonds. The van der Waals surface area contributed by atoms with Gasteiger partial charge in [0.15, 0.2) is 0 Å². The molecule has 0 saturated carbocycles. The summed E-state index contributed by atoms with van der Waals surface area (Å²) in [6.45, 7) is 5.25. The second kappa shape index (κ2) is 11.0. The van der Waals surface area contributed by atoms with Gasteiger partial charge in [-0.2, -0.15) is 4.31 Å². The first-order chi connectivity index (χ1) is 14.9. The number of carbonyl (C=O) groups is 1. The van der Waals surface area contributed by atoms with Crippen LogP contribution in [-0.2, 0) is 20.6 Å². The van der Waals surface area contributed by atoms with Gasteiger partial charge < -0.3 is 10.1 Å². The number of aryl methyl sites for hydroxylation is 1. The Bertz CT molecular complexity index is 1000. The monoisotopic (exact) mass is 462 g/mol. The van der Waals surface area contributed by atoms with E-state index in [0.29, 0.717) is 31.1 Å². The number of carbonyl (C=O) groups excluding carboxylic acids is 1. The normalized spacial score (nSPS) is 14.9. The van der Waals surface area contributed by atoms with E-state index in [0.717, 1.165) is 25.0 Å². The maximum atomic E-state index is 13.2. The van der Waals surface area contributed by atoms with Crippen molar-refractivity contribution in [2.75, 3.05) is 30.8 Å². The minimum absolute atomic E-state index is 0.112. The minimum atomic E-state index is -3.68. The number of piperidine rings is 1. The summed E-state index contributed by atoms with van der Waals surface area (Å²) in [6, 6.07) is 13.0. The number of hydrogen-bond donors (Lipinski definition) is 1. The van der Waals surface area contributed by atoms with E-state index in [1.807, 2.05) is 32.0 Å². The molecule has 0 spiro atoms. The van der Waals surface area contributed by atoms with Crippen LogP contribution in [0.25, 0.3) is 0 Å². The lowest BCUT2D eigenvalue weighted by atomic mass is 10.2. The maximum absolute atomic E-state index is 13.2. The van der Waals surface area contributed by atoms with Crippen LogP contribution in [0.2, 0.25) is 0 Å². The molecule has 8 heteroatoms. The third kappa shape index (κ3) is 6.48. The van der Waals surface area contributed by atoms with Crippen molar-refractivity contribution >= 4 is 33.4 Å². The first kappa shape index (κ1) is 23.6. The summed E-state index contributed by atoms with van der Waals surface area (Å²) in [5, 5.41) is 2.83. The summed E-state index contributed by atoms with van der Waals surface area (Å²) >= 11 is 1.52. The van der Waals surface area contributed by atoms with Crippen molar-refractivity contribution in [3.8, 4) is 5.75 Å². The third-order valence-electron chi connectivity index (χ3n) is 5.04. The van der Waals surface area contributed by atoms with Crippen LogP contribution < -0.4 is 10.1 Å². The van der Waals surface area contributed by atoms with Crippen LogP contribution >= 0.6 is 11.8 Å². The van der Waals surface area contributed by atoms with Gasteiger partial charge in [-0.15, -0.1) is 11.8 Å². The van der Waals surface area contributed by atoms with Crippen LogP contribution in [-0.4, -0.2) is 44.1 Å². The number of sulfonamides is 1. The van der Waals surface area contributed by atoms with Crippen molar-refractivity contribution in [1.82, 2.24) is 4.31 Å². The Kier molecular flexibility index (Phi) is 8.40. The highest BCUT2D eigenvalue weighted by Gasteiger charge is 2.29. The molecule has 0 unspecified atom stereocenters. The van der Waals surface area contributed by atoms with Gasteiger partial charge in [0, 0.05) is 24.5 Å². The number of nitrogens with zero attached hydrogens (tertiary/aromatic N) is 1. The van der Waals surface area contributed by atoms with Crippen LogP contribution in [0, 0.1) is 6.92 Å². The molecule has 0 atom stereocenters. The smallest absolute Gasteiger partial charge is 0.246 e. The Morgan fingerprint density at radius 2 is 1.90 bits per heavy atom. The number of thioether (sulfide) groups is 1. The SMILES string of the molecule is CCOc1ccc(NC(=O)CSCc2cccc(C)c2)cc1S(=O)(=O)N1CCCCC1. The Hall–Kier alpha value is -2.03. The lowest BCUT2D eigenvalue weighted by Gasteiger charge is -2.27. The lowest BCUT2D eigenvalue weighted by molar-refractivity contribution is -0.113. The molecule has 3 rings (SSSR count). The first-order valence-electron chi connectivity index (χ1n) is 10.6. The van der Waals surface area contributed by atoms with Crippen molar-refractivity contribution < 1.29 is 17.9 Å². The van der Waals surface area contributed by atoms with Crippen molar-refractivity contribution in [2.24, 2.45) is 0 Å². The summed E-state index contributed by atoms with van der Waals surface area (Å²) in [5.74, 6) is 1.19. The standard InChI is InChI=1S/C23H30N2O4S2/c1-3-29-21-11-10-20(15-22(21)31(27,28)25-12-5-4-6-13-25)24-23(26)17-30-16-19-9-7-8-18(2)14-19/h7-11,14-15H,3-6,12-13,16-17H2,1-2H3,(H,24,26). The van der Waals surface area contributed by atoms with E-state index < -0.39 is 10.0 Å². The van der Waals surface area contributed by atoms with E-state index in [9.17, 15) is 13.2 Å². The lowest BCUT2D eigenvalue weighted by Crippen LogP contribution is -2.35. The highest BCUT2D eigenvalue weighted by molar-refractivity contribution is 7.99. The Labute approximate surface area is 189 Å². The zero-order valence-electron chi connectivity index (χ0n) is 18.1. The number of ether oxygens (including phenoxy) is 1. The molecule has 2 aromatic carbocycles. The number of hydrogen-bond acceptors (Lipinski definition) is 5. The fraction of sp³-hybridized carbons (Fsp3) is 0.435. The summed E-state index contributed by atoms with van der Waals surface area (Å²) in [6.07, 6.45) is 2.76. The topological polar surface area (TPSA) is 75.7 Å². The van der Waals surface area contributed by atoms with E-state index in [1.165, 1.54) is 33.3 Å². The molecule has 1 heterocycles. The van der Waals surface area contributed by atoms with E-state index >= 15 is 0 Å². The first-order valence-corrected chi connectivity index (χ1v) is 13.2. The molecular weight excluding hydrogens is 432 g/mol. The zero-order chi connectivity index (χ0) is 22.3. The summed E-state index contributed by atoms with van der Waals surface area (Å²) in [5.41, 5.74) is 2.83. The van der Waals surface area contributed by atoms with Gasteiger partial charge in [-0.1, -0.05) is 36.2 Å². The van der Waals surface area contributed by atoms with Crippen molar-refractivity contribution in [1.29, 1.82) is 0 Å². The average Bonchev–Trinajstić information content (AvgIpc) is 2.75. The Morgan fingerprint density at radius 3 is 2.61 bits per heavy atom. The molecule has 0 aliphatic carbocycles. The number of amides is 1. The minimum Gasteiger partial charge on any atom is -0.492 e. The van der Waals surface area contributed by atoms with Crippen molar-refractivity contribution in [3.63, 3.8) is 0 Å². The van der Waals surface area contributed by atoms with Gasteiger partial charge in [-0.05, 0) is 50.5 Å². The molecule has 1 N–H and O–H groups in total. The third-order valence-corrected chi connectivity index (χ3v) is 7.97. The highest BCUT2D eigenvalue weighted by Crippen LogP contribution is 2.31. The average molecular weight is 463 g/mol. The molecule has 1 fully saturated rings. The number of benzene rings is 2. The summed E-state index contributed by atoms with van der Waals surface area (Å²) in [7, 11) is -3.68. The summed E-state index contributed by atoms with van der Waals surface area (Å²) in [4.78, 5) is 12.5. The van der Waals surface area contributed by atoms with Gasteiger partial charge >= 0.3 is 0 Å². The van der Waals surface area contributed by atoms with Gasteiger partial charge in [0.25, 0.3) is 0 Å². The molecule has 31 heavy (non-hydrogen) atoms. The van der Waals surface area contributed by atoms with Crippen molar-refractivity contribution in [3.05, 3.63) is 53.6 Å². The van der Waals surface area contributed by atoms with E-state index in [1.54, 1.807) is 12.1 Å². The van der Waals surface area contributed by atoms with Gasteiger partial charge in [-0.3, -0.25) is 4.79 Å². The predicted molar refractivity (Wildman–Crippen MR) is 126 cm³/mol. The molecule has 1 aliphatic rings. The quantitative estimate of drug-likeness (QED) is 0.596. The number of anilines is 1. The fourth-order valence-corrected chi connectivity index (χ4v) is 6.02. The van der Waals surface area contributed by atoms with Crippen LogP contribution in [0.5, 0.6) is 5.75 Å². The second-order valence-electron chi connectivity index (χ2n) is 7.59. The van der Waals surface area contributed by atoms with Gasteiger partial charge in [0.2, 0.25) is 15.9 Å². The Balaban J connectivity index is 1.68. The molecule has 2 aromatic rings. The largest absolute Gasteiger partial charge is 0.492 e. The predicted octanol–water partition coefficient (Wildman–Crippen LogP) is 4.44. The van der Waals surface area contributed by atoms with Gasteiger partial charge in [0.1, 0.15) is 10.6 Å². The summed E-state index contributed by atoms with van der Waals surface area (Å²) < 4.78 is 33.5. The maximum Gasteiger partial charge on any atom is 0.246 e. The molecule has 0 aromatic heterocycles. The molecule has 0 radical (unpaired) electrons. The van der Waals surface area contributed by atoms with E-state index in [-0.39, 0.29) is 16.6 Å².